The highest BCUT2D eigenvalue weighted by Crippen LogP contribution is 2.28. The maximum absolute atomic E-state index is 14.1. The summed E-state index contributed by atoms with van der Waals surface area (Å²) in [5.74, 6) is 0.490. The lowest BCUT2D eigenvalue weighted by Gasteiger charge is -2.07. The van der Waals surface area contributed by atoms with Gasteiger partial charge in [0.1, 0.15) is 12.8 Å². The largest absolute Gasteiger partial charge is 0.381 e. The van der Waals surface area contributed by atoms with Gasteiger partial charge in [-0.05, 0) is 31.2 Å². The van der Waals surface area contributed by atoms with E-state index >= 15 is 0 Å². The van der Waals surface area contributed by atoms with Crippen LogP contribution in [-0.2, 0) is 22.7 Å². The first-order valence-electron chi connectivity index (χ1n) is 9.00. The number of carbonyl (C=O) groups excluding carboxylic acids is 1. The van der Waals surface area contributed by atoms with Gasteiger partial charge >= 0.3 is 0 Å². The lowest BCUT2D eigenvalue weighted by Crippen LogP contribution is -2.09. The monoisotopic (exact) mass is 361 g/mol. The summed E-state index contributed by atoms with van der Waals surface area (Å²) in [7, 11) is 0. The lowest BCUT2D eigenvalue weighted by molar-refractivity contribution is 0.0864. The Labute approximate surface area is 152 Å². The van der Waals surface area contributed by atoms with Crippen molar-refractivity contribution in [2.75, 3.05) is 13.2 Å². The van der Waals surface area contributed by atoms with E-state index < -0.39 is 6.17 Å². The molecule has 1 aromatic heterocycles. The third-order valence-corrected chi connectivity index (χ3v) is 4.61. The maximum atomic E-state index is 14.1. The molecule has 140 valence electrons. The van der Waals surface area contributed by atoms with Crippen LogP contribution in [0.2, 0.25) is 0 Å². The van der Waals surface area contributed by atoms with Gasteiger partial charge in [-0.1, -0.05) is 35.5 Å². The summed E-state index contributed by atoms with van der Waals surface area (Å²) >= 11 is 0. The standard InChI is InChI=1S/C20H24FNO4/c1-14(21)19-18(13-25-12-15-5-3-2-4-6-15)26-22-20(19)17(23)8-7-16-9-10-24-11-16/h2-6,14,16H,7-13H2,1H3. The minimum atomic E-state index is -1.34. The van der Waals surface area contributed by atoms with E-state index in [4.69, 9.17) is 14.0 Å². The second kappa shape index (κ2) is 9.05. The zero-order valence-electron chi connectivity index (χ0n) is 14.9. The Hall–Kier alpha value is -2.05. The molecule has 26 heavy (non-hydrogen) atoms. The summed E-state index contributed by atoms with van der Waals surface area (Å²) in [6.07, 6.45) is 0.679. The number of rotatable bonds is 9. The Morgan fingerprint density at radius 2 is 2.15 bits per heavy atom. The lowest BCUT2D eigenvalue weighted by atomic mass is 9.98. The molecule has 1 aromatic carbocycles. The minimum absolute atomic E-state index is 0.0786. The van der Waals surface area contributed by atoms with Crippen LogP contribution in [0.5, 0.6) is 0 Å². The Morgan fingerprint density at radius 3 is 2.85 bits per heavy atom. The van der Waals surface area contributed by atoms with Crippen molar-refractivity contribution in [3.8, 4) is 0 Å². The first-order valence-corrected chi connectivity index (χ1v) is 9.00. The number of ether oxygens (including phenoxy) is 2. The van der Waals surface area contributed by atoms with Crippen molar-refractivity contribution in [2.24, 2.45) is 5.92 Å². The molecule has 0 bridgehead atoms. The Balaban J connectivity index is 1.60. The zero-order valence-corrected chi connectivity index (χ0v) is 14.9. The number of carbonyl (C=O) groups is 1. The number of hydrogen-bond acceptors (Lipinski definition) is 5. The third-order valence-electron chi connectivity index (χ3n) is 4.61. The highest BCUT2D eigenvalue weighted by molar-refractivity contribution is 5.95. The van der Waals surface area contributed by atoms with Crippen molar-refractivity contribution < 1.29 is 23.2 Å². The summed E-state index contributed by atoms with van der Waals surface area (Å²) in [6, 6.07) is 9.67. The second-order valence-corrected chi connectivity index (χ2v) is 6.65. The van der Waals surface area contributed by atoms with Gasteiger partial charge < -0.3 is 14.0 Å². The number of benzene rings is 1. The van der Waals surface area contributed by atoms with Crippen LogP contribution in [0.1, 0.15) is 59.7 Å². The van der Waals surface area contributed by atoms with Crippen LogP contribution in [0.25, 0.3) is 0 Å². The van der Waals surface area contributed by atoms with Crippen LogP contribution in [0, 0.1) is 5.92 Å². The Morgan fingerprint density at radius 1 is 1.35 bits per heavy atom. The summed E-state index contributed by atoms with van der Waals surface area (Å²) in [5, 5.41) is 3.83. The fourth-order valence-corrected chi connectivity index (χ4v) is 3.15. The molecule has 0 amide bonds. The van der Waals surface area contributed by atoms with Crippen molar-refractivity contribution in [3.63, 3.8) is 0 Å². The number of halogens is 1. The average molecular weight is 361 g/mol. The molecule has 1 fully saturated rings. The van der Waals surface area contributed by atoms with E-state index in [9.17, 15) is 9.18 Å². The molecule has 2 atom stereocenters. The molecule has 0 saturated carbocycles. The number of alkyl halides is 1. The molecule has 6 heteroatoms. The molecule has 2 heterocycles. The summed E-state index contributed by atoms with van der Waals surface area (Å²) < 4.78 is 30.3. The molecule has 1 aliphatic heterocycles. The van der Waals surface area contributed by atoms with Gasteiger partial charge in [-0.25, -0.2) is 4.39 Å². The molecule has 0 aliphatic carbocycles. The van der Waals surface area contributed by atoms with E-state index in [2.05, 4.69) is 5.16 Å². The van der Waals surface area contributed by atoms with E-state index in [-0.39, 0.29) is 29.4 Å². The minimum Gasteiger partial charge on any atom is -0.381 e. The van der Waals surface area contributed by atoms with Gasteiger partial charge in [0.25, 0.3) is 0 Å². The Bertz CT molecular complexity index is 708. The maximum Gasteiger partial charge on any atom is 0.185 e. The van der Waals surface area contributed by atoms with Gasteiger partial charge in [0.2, 0.25) is 0 Å². The molecule has 1 aliphatic rings. The van der Waals surface area contributed by atoms with E-state index in [1.54, 1.807) is 0 Å². The molecular weight excluding hydrogens is 337 g/mol. The average Bonchev–Trinajstić information content (AvgIpc) is 3.30. The fraction of sp³-hybridized carbons (Fsp3) is 0.500. The first-order chi connectivity index (χ1) is 12.6. The fourth-order valence-electron chi connectivity index (χ4n) is 3.15. The number of hydrogen-bond donors (Lipinski definition) is 0. The molecule has 0 radical (unpaired) electrons. The van der Waals surface area contributed by atoms with Crippen LogP contribution in [0.4, 0.5) is 4.39 Å². The second-order valence-electron chi connectivity index (χ2n) is 6.65. The van der Waals surface area contributed by atoms with Crippen molar-refractivity contribution >= 4 is 5.78 Å². The van der Waals surface area contributed by atoms with Crippen molar-refractivity contribution in [1.82, 2.24) is 5.16 Å². The highest BCUT2D eigenvalue weighted by atomic mass is 19.1. The molecule has 2 unspecified atom stereocenters. The van der Waals surface area contributed by atoms with Crippen molar-refractivity contribution in [1.29, 1.82) is 0 Å². The number of nitrogens with zero attached hydrogens (tertiary/aromatic N) is 1. The smallest absolute Gasteiger partial charge is 0.185 e. The SMILES string of the molecule is CC(F)c1c(C(=O)CCC2CCOC2)noc1COCc1ccccc1. The van der Waals surface area contributed by atoms with E-state index in [0.717, 1.165) is 25.0 Å². The predicted octanol–water partition coefficient (Wildman–Crippen LogP) is 4.42. The van der Waals surface area contributed by atoms with Crippen LogP contribution in [0.15, 0.2) is 34.9 Å². The zero-order chi connectivity index (χ0) is 18.4. The van der Waals surface area contributed by atoms with E-state index in [1.165, 1.54) is 6.92 Å². The quantitative estimate of drug-likeness (QED) is 0.619. The number of aromatic nitrogens is 1. The summed E-state index contributed by atoms with van der Waals surface area (Å²) in [5.41, 5.74) is 1.32. The van der Waals surface area contributed by atoms with E-state index in [1.807, 2.05) is 30.3 Å². The molecule has 0 spiro atoms. The van der Waals surface area contributed by atoms with Gasteiger partial charge in [-0.2, -0.15) is 0 Å². The van der Waals surface area contributed by atoms with Crippen molar-refractivity contribution in [2.45, 2.75) is 45.6 Å². The number of ketones is 1. The van der Waals surface area contributed by atoms with E-state index in [0.29, 0.717) is 25.6 Å². The first kappa shape index (κ1) is 18.7. The molecule has 0 N–H and O–H groups in total. The van der Waals surface area contributed by atoms with Gasteiger partial charge in [0.05, 0.1) is 12.2 Å². The van der Waals surface area contributed by atoms with Gasteiger partial charge in [-0.3, -0.25) is 4.79 Å². The van der Waals surface area contributed by atoms with Gasteiger partial charge in [-0.15, -0.1) is 0 Å². The normalized spacial score (nSPS) is 18.2. The number of Topliss-reactive ketones (excluding diaryl/α,β-unsaturated/α-hetero) is 1. The summed E-state index contributed by atoms with van der Waals surface area (Å²) in [6.45, 7) is 3.28. The molecule has 5 nitrogen and oxygen atoms in total. The van der Waals surface area contributed by atoms with Gasteiger partial charge in [0, 0.05) is 19.6 Å². The van der Waals surface area contributed by atoms with Crippen LogP contribution < -0.4 is 0 Å². The van der Waals surface area contributed by atoms with Gasteiger partial charge in [0.15, 0.2) is 17.2 Å². The molecule has 2 aromatic rings. The summed E-state index contributed by atoms with van der Waals surface area (Å²) in [4.78, 5) is 12.5. The third kappa shape index (κ3) is 4.77. The molecular formula is C20H24FNO4. The van der Waals surface area contributed by atoms with Crippen molar-refractivity contribution in [3.05, 3.63) is 52.9 Å². The topological polar surface area (TPSA) is 61.6 Å². The molecule has 3 rings (SSSR count). The molecule has 1 saturated heterocycles. The van der Waals surface area contributed by atoms with Crippen LogP contribution in [0.3, 0.4) is 0 Å². The highest BCUT2D eigenvalue weighted by Gasteiger charge is 2.27. The predicted molar refractivity (Wildman–Crippen MR) is 93.5 cm³/mol. The van der Waals surface area contributed by atoms with Crippen LogP contribution in [-0.4, -0.2) is 24.2 Å². The Kier molecular flexibility index (Phi) is 6.52. The van der Waals surface area contributed by atoms with Crippen LogP contribution >= 0.6 is 0 Å².